The molecule has 0 unspecified atom stereocenters. The monoisotopic (exact) mass is 429 g/mol. The molecule has 0 aliphatic carbocycles. The average molecular weight is 430 g/mol. The Morgan fingerprint density at radius 1 is 1.17 bits per heavy atom. The largest absolute Gasteiger partial charge is 0.277 e. The van der Waals surface area contributed by atoms with Crippen molar-refractivity contribution in [3.8, 4) is 0 Å². The summed E-state index contributed by atoms with van der Waals surface area (Å²) in [6.45, 7) is 5.55. The molecule has 1 heterocycles. The molecule has 1 aromatic heterocycles. The van der Waals surface area contributed by atoms with Gasteiger partial charge in [0, 0.05) is 12.1 Å². The van der Waals surface area contributed by atoms with Gasteiger partial charge in [0.2, 0.25) is 16.0 Å². The maximum absolute atomic E-state index is 12.7. The van der Waals surface area contributed by atoms with Crippen LogP contribution in [0.2, 0.25) is 0 Å². The number of carbonyl (C=O) groups excluding carboxylic acids is 1. The van der Waals surface area contributed by atoms with Crippen molar-refractivity contribution in [1.82, 2.24) is 19.7 Å². The van der Waals surface area contributed by atoms with Crippen LogP contribution in [0, 0.1) is 13.8 Å². The molecule has 1 amide bonds. The van der Waals surface area contributed by atoms with E-state index in [1.165, 1.54) is 17.7 Å². The Morgan fingerprint density at radius 3 is 2.53 bits per heavy atom. The van der Waals surface area contributed by atoms with Gasteiger partial charge < -0.3 is 0 Å². The summed E-state index contributed by atoms with van der Waals surface area (Å²) >= 11 is 0. The number of benzene rings is 2. The number of hydrogen-bond acceptors (Lipinski definition) is 6. The molecule has 3 aromatic rings. The predicted octanol–water partition coefficient (Wildman–Crippen LogP) is 1.70. The van der Waals surface area contributed by atoms with Gasteiger partial charge in [0.1, 0.15) is 0 Å². The molecule has 10 heteroatoms. The van der Waals surface area contributed by atoms with Crippen molar-refractivity contribution in [3.63, 3.8) is 0 Å². The summed E-state index contributed by atoms with van der Waals surface area (Å²) < 4.78 is 28.2. The zero-order chi connectivity index (χ0) is 22.1. The number of amides is 1. The third kappa shape index (κ3) is 3.91. The number of nitrogens with one attached hydrogen (secondary N) is 3. The Hall–Kier alpha value is -3.24. The van der Waals surface area contributed by atoms with E-state index in [-0.39, 0.29) is 22.0 Å². The summed E-state index contributed by atoms with van der Waals surface area (Å²) in [5.74, 6) is -0.378. The molecule has 30 heavy (non-hydrogen) atoms. The second-order valence-electron chi connectivity index (χ2n) is 6.70. The van der Waals surface area contributed by atoms with E-state index in [1.807, 2.05) is 0 Å². The normalized spacial score (nSPS) is 11.5. The molecule has 0 fully saturated rings. The second kappa shape index (κ2) is 8.25. The molecular weight excluding hydrogens is 406 g/mol. The average Bonchev–Trinajstić information content (AvgIpc) is 2.73. The molecule has 0 spiro atoms. The lowest BCUT2D eigenvalue weighted by Gasteiger charge is -2.15. The van der Waals surface area contributed by atoms with Gasteiger partial charge in [0.25, 0.3) is 11.5 Å². The highest BCUT2D eigenvalue weighted by molar-refractivity contribution is 7.89. The molecule has 0 bridgehead atoms. The molecule has 9 nitrogen and oxygen atoms in total. The number of hydrogen-bond donors (Lipinski definition) is 3. The predicted molar refractivity (Wildman–Crippen MR) is 115 cm³/mol. The number of rotatable bonds is 6. The van der Waals surface area contributed by atoms with Crippen LogP contribution in [0.5, 0.6) is 0 Å². The van der Waals surface area contributed by atoms with Crippen molar-refractivity contribution in [2.24, 2.45) is 0 Å². The number of anilines is 1. The van der Waals surface area contributed by atoms with Crippen LogP contribution in [0.15, 0.2) is 46.1 Å². The molecule has 0 atom stereocenters. The van der Waals surface area contributed by atoms with Gasteiger partial charge in [0.15, 0.2) is 0 Å². The lowest BCUT2D eigenvalue weighted by molar-refractivity contribution is 0.0961. The van der Waals surface area contributed by atoms with E-state index in [2.05, 4.69) is 20.6 Å². The zero-order valence-electron chi connectivity index (χ0n) is 17.1. The van der Waals surface area contributed by atoms with Gasteiger partial charge in [-0.15, -0.1) is 0 Å². The number of fused-ring (bicyclic) bond motifs is 1. The molecule has 2 aromatic carbocycles. The first-order valence-corrected chi connectivity index (χ1v) is 10.8. The van der Waals surface area contributed by atoms with Crippen LogP contribution in [-0.2, 0) is 16.6 Å². The van der Waals surface area contributed by atoms with E-state index in [0.29, 0.717) is 28.6 Å². The fourth-order valence-electron chi connectivity index (χ4n) is 3.09. The summed E-state index contributed by atoms with van der Waals surface area (Å²) in [4.78, 5) is 29.8. The van der Waals surface area contributed by atoms with Crippen molar-refractivity contribution in [1.29, 1.82) is 0 Å². The summed E-state index contributed by atoms with van der Waals surface area (Å²) in [6.07, 6.45) is 0. The van der Waals surface area contributed by atoms with Gasteiger partial charge in [-0.1, -0.05) is 12.1 Å². The summed E-state index contributed by atoms with van der Waals surface area (Å²) in [5.41, 5.74) is 6.83. The molecule has 0 saturated carbocycles. The lowest BCUT2D eigenvalue weighted by Crippen LogP contribution is -2.34. The number of aromatic nitrogens is 2. The van der Waals surface area contributed by atoms with E-state index < -0.39 is 15.9 Å². The van der Waals surface area contributed by atoms with Crippen LogP contribution in [0.3, 0.4) is 0 Å². The maximum Gasteiger partial charge on any atom is 0.269 e. The third-order valence-electron chi connectivity index (χ3n) is 4.91. The molecule has 158 valence electrons. The number of nitrogens with zero attached hydrogens (tertiary/aromatic N) is 2. The molecule has 0 aliphatic heterocycles. The second-order valence-corrected chi connectivity index (χ2v) is 8.56. The van der Waals surface area contributed by atoms with Crippen molar-refractivity contribution >= 4 is 32.8 Å². The fourth-order valence-corrected chi connectivity index (χ4v) is 4.15. The third-order valence-corrected chi connectivity index (χ3v) is 6.45. The Morgan fingerprint density at radius 2 is 1.87 bits per heavy atom. The van der Waals surface area contributed by atoms with Gasteiger partial charge in [0.05, 0.1) is 15.8 Å². The first kappa shape index (κ1) is 21.5. The van der Waals surface area contributed by atoms with Crippen molar-refractivity contribution in [3.05, 3.63) is 63.4 Å². The zero-order valence-corrected chi connectivity index (χ0v) is 17.9. The SMILES string of the molecule is CCn1c(NNC(=O)c2cc(C)c(C)c(S(=O)(=O)NC)c2)nc2ccccc2c1=O. The maximum atomic E-state index is 12.7. The number of hydrazine groups is 1. The molecule has 0 radical (unpaired) electrons. The number of aryl methyl sites for hydroxylation is 1. The molecule has 3 N–H and O–H groups in total. The first-order chi connectivity index (χ1) is 14.2. The minimum Gasteiger partial charge on any atom is -0.277 e. The highest BCUT2D eigenvalue weighted by atomic mass is 32.2. The molecule has 0 saturated heterocycles. The van der Waals surface area contributed by atoms with E-state index in [4.69, 9.17) is 0 Å². The van der Waals surface area contributed by atoms with E-state index in [0.717, 1.165) is 0 Å². The highest BCUT2D eigenvalue weighted by Gasteiger charge is 2.20. The van der Waals surface area contributed by atoms with Crippen LogP contribution in [0.4, 0.5) is 5.95 Å². The number of sulfonamides is 1. The molecular formula is C20H23N5O4S. The standard InChI is InChI=1S/C20H23N5O4S/c1-5-25-19(27)15-8-6-7-9-16(15)22-20(25)24-23-18(26)14-10-12(2)13(3)17(11-14)30(28,29)21-4/h6-11,21H,5H2,1-4H3,(H,22,24)(H,23,26). The lowest BCUT2D eigenvalue weighted by atomic mass is 10.1. The molecule has 0 aliphatic rings. The van der Waals surface area contributed by atoms with E-state index in [9.17, 15) is 18.0 Å². The Kier molecular flexibility index (Phi) is 5.90. The highest BCUT2D eigenvalue weighted by Crippen LogP contribution is 2.21. The van der Waals surface area contributed by atoms with Gasteiger partial charge in [-0.3, -0.25) is 25.0 Å². The topological polar surface area (TPSA) is 122 Å². The van der Waals surface area contributed by atoms with Crippen molar-refractivity contribution < 1.29 is 13.2 Å². The Bertz CT molecular complexity index is 1300. The molecule has 3 rings (SSSR count). The van der Waals surface area contributed by atoms with Gasteiger partial charge in [-0.05, 0) is 63.2 Å². The number of carbonyl (C=O) groups is 1. The van der Waals surface area contributed by atoms with Gasteiger partial charge in [-0.25, -0.2) is 18.1 Å². The van der Waals surface area contributed by atoms with Crippen LogP contribution in [0.1, 0.15) is 28.4 Å². The Labute approximate surface area is 174 Å². The van der Waals surface area contributed by atoms with Crippen LogP contribution >= 0.6 is 0 Å². The van der Waals surface area contributed by atoms with Crippen molar-refractivity contribution in [2.45, 2.75) is 32.2 Å². The Balaban J connectivity index is 1.94. The first-order valence-electron chi connectivity index (χ1n) is 9.30. The van der Waals surface area contributed by atoms with Crippen molar-refractivity contribution in [2.75, 3.05) is 12.5 Å². The smallest absolute Gasteiger partial charge is 0.269 e. The van der Waals surface area contributed by atoms with E-state index >= 15 is 0 Å². The fraction of sp³-hybridized carbons (Fsp3) is 0.250. The minimum absolute atomic E-state index is 0.0319. The number of para-hydroxylation sites is 1. The summed E-state index contributed by atoms with van der Waals surface area (Å²) in [7, 11) is -2.41. The van der Waals surface area contributed by atoms with Crippen LogP contribution < -0.4 is 21.1 Å². The van der Waals surface area contributed by atoms with Crippen LogP contribution in [0.25, 0.3) is 10.9 Å². The van der Waals surface area contributed by atoms with Crippen LogP contribution in [-0.4, -0.2) is 30.9 Å². The summed E-state index contributed by atoms with van der Waals surface area (Å²) in [6, 6.07) is 9.84. The van der Waals surface area contributed by atoms with Gasteiger partial charge in [-0.2, -0.15) is 0 Å². The quantitative estimate of drug-likeness (QED) is 0.513. The minimum atomic E-state index is -3.72. The van der Waals surface area contributed by atoms with E-state index in [1.54, 1.807) is 51.1 Å². The van der Waals surface area contributed by atoms with Gasteiger partial charge >= 0.3 is 0 Å². The summed E-state index contributed by atoms with van der Waals surface area (Å²) in [5, 5.41) is 0.479.